The van der Waals surface area contributed by atoms with Crippen LogP contribution < -0.4 is 5.32 Å². The number of hydrogen-bond donors (Lipinski definition) is 1. The molecule has 0 saturated carbocycles. The van der Waals surface area contributed by atoms with E-state index in [0.29, 0.717) is 24.5 Å². The zero-order valence-electron chi connectivity index (χ0n) is 14.6. The average Bonchev–Trinajstić information content (AvgIpc) is 3.07. The highest BCUT2D eigenvalue weighted by Gasteiger charge is 2.33. The summed E-state index contributed by atoms with van der Waals surface area (Å²) in [6, 6.07) is 10.4. The number of amides is 2. The molecule has 3 rings (SSSR count). The van der Waals surface area contributed by atoms with E-state index in [-0.39, 0.29) is 17.7 Å². The third-order valence-electron chi connectivity index (χ3n) is 4.38. The summed E-state index contributed by atoms with van der Waals surface area (Å²) in [7, 11) is 0. The van der Waals surface area contributed by atoms with Crippen LogP contribution in [-0.4, -0.2) is 28.4 Å². The van der Waals surface area contributed by atoms with E-state index < -0.39 is 6.04 Å². The molecule has 2 heterocycles. The van der Waals surface area contributed by atoms with E-state index in [1.165, 1.54) is 0 Å². The van der Waals surface area contributed by atoms with Crippen LogP contribution in [-0.2, 0) is 9.59 Å². The molecular weight excluding hydrogens is 318 g/mol. The molecule has 1 fully saturated rings. The first-order chi connectivity index (χ1) is 12.1. The number of benzene rings is 1. The number of nitrogens with zero attached hydrogens (tertiary/aromatic N) is 2. The highest BCUT2D eigenvalue weighted by Crippen LogP contribution is 2.27. The summed E-state index contributed by atoms with van der Waals surface area (Å²) < 4.78 is 5.23. The number of likely N-dealkylation sites (tertiary alicyclic amines) is 1. The number of carbonyl (C=O) groups excluding carboxylic acids is 2. The van der Waals surface area contributed by atoms with Gasteiger partial charge in [0, 0.05) is 24.9 Å². The molecule has 6 nitrogen and oxygen atoms in total. The third kappa shape index (κ3) is 3.90. The second-order valence-electron chi connectivity index (χ2n) is 6.62. The van der Waals surface area contributed by atoms with Gasteiger partial charge in [-0.2, -0.15) is 0 Å². The van der Waals surface area contributed by atoms with Crippen LogP contribution in [0.4, 0.5) is 5.82 Å². The van der Waals surface area contributed by atoms with Crippen molar-refractivity contribution in [1.82, 2.24) is 10.1 Å². The van der Waals surface area contributed by atoms with Crippen molar-refractivity contribution in [1.29, 1.82) is 0 Å². The van der Waals surface area contributed by atoms with Crippen LogP contribution in [0.3, 0.4) is 0 Å². The zero-order chi connectivity index (χ0) is 17.8. The second kappa shape index (κ2) is 7.51. The summed E-state index contributed by atoms with van der Waals surface area (Å²) >= 11 is 0. The lowest BCUT2D eigenvalue weighted by Crippen LogP contribution is -2.43. The Morgan fingerprint density at radius 1 is 1.24 bits per heavy atom. The molecule has 1 aromatic heterocycles. The Bertz CT molecular complexity index is 739. The van der Waals surface area contributed by atoms with Gasteiger partial charge in [0.2, 0.25) is 5.91 Å². The Morgan fingerprint density at radius 2 is 2.00 bits per heavy atom. The molecule has 1 unspecified atom stereocenters. The highest BCUT2D eigenvalue weighted by atomic mass is 16.5. The van der Waals surface area contributed by atoms with Crippen LogP contribution in [0.2, 0.25) is 0 Å². The van der Waals surface area contributed by atoms with E-state index in [2.05, 4.69) is 10.5 Å². The van der Waals surface area contributed by atoms with Crippen molar-refractivity contribution in [2.24, 2.45) is 0 Å². The lowest BCUT2D eigenvalue weighted by molar-refractivity contribution is -0.141. The maximum Gasteiger partial charge on any atom is 0.253 e. The first-order valence-corrected chi connectivity index (χ1v) is 8.68. The van der Waals surface area contributed by atoms with Gasteiger partial charge in [-0.15, -0.1) is 0 Å². The van der Waals surface area contributed by atoms with Crippen molar-refractivity contribution >= 4 is 17.6 Å². The maximum atomic E-state index is 13.0. The Morgan fingerprint density at radius 3 is 2.64 bits per heavy atom. The molecule has 2 aromatic rings. The Hall–Kier alpha value is -2.63. The number of nitrogens with one attached hydrogen (secondary N) is 1. The topological polar surface area (TPSA) is 75.4 Å². The Kier molecular flexibility index (Phi) is 5.16. The molecule has 0 radical (unpaired) electrons. The van der Waals surface area contributed by atoms with Gasteiger partial charge in [-0.3, -0.25) is 9.59 Å². The van der Waals surface area contributed by atoms with E-state index in [0.717, 1.165) is 18.4 Å². The minimum absolute atomic E-state index is 0.0123. The van der Waals surface area contributed by atoms with Crippen LogP contribution in [0.15, 0.2) is 40.9 Å². The highest BCUT2D eigenvalue weighted by molar-refractivity contribution is 5.97. The van der Waals surface area contributed by atoms with Crippen molar-refractivity contribution in [3.8, 4) is 0 Å². The number of rotatable bonds is 5. The van der Waals surface area contributed by atoms with E-state index in [1.54, 1.807) is 11.0 Å². The lowest BCUT2D eigenvalue weighted by Gasteiger charge is -2.33. The fraction of sp³-hybridized carbons (Fsp3) is 0.421. The van der Waals surface area contributed by atoms with Crippen molar-refractivity contribution in [3.63, 3.8) is 0 Å². The summed E-state index contributed by atoms with van der Waals surface area (Å²) in [5, 5.41) is 6.70. The molecule has 6 heteroatoms. The minimum Gasteiger partial charge on any atom is -0.359 e. The molecule has 1 atom stereocenters. The molecular formula is C19H23N3O3. The van der Waals surface area contributed by atoms with Gasteiger partial charge in [-0.1, -0.05) is 49.3 Å². The van der Waals surface area contributed by atoms with Crippen molar-refractivity contribution in [3.05, 3.63) is 47.7 Å². The van der Waals surface area contributed by atoms with E-state index in [1.807, 2.05) is 44.2 Å². The molecule has 0 bridgehead atoms. The molecule has 2 amide bonds. The van der Waals surface area contributed by atoms with Gasteiger partial charge < -0.3 is 14.7 Å². The summed E-state index contributed by atoms with van der Waals surface area (Å²) in [6.45, 7) is 4.57. The van der Waals surface area contributed by atoms with E-state index in [9.17, 15) is 9.59 Å². The number of aromatic nitrogens is 1. The summed E-state index contributed by atoms with van der Waals surface area (Å²) in [4.78, 5) is 27.0. The molecule has 1 aliphatic rings. The SMILES string of the molecule is CC(C)c1cc(NC(=O)C(c2ccccc2)N2CCCCC2=O)no1. The molecule has 132 valence electrons. The van der Waals surface area contributed by atoms with Crippen LogP contribution >= 0.6 is 0 Å². The fourth-order valence-corrected chi connectivity index (χ4v) is 3.02. The summed E-state index contributed by atoms with van der Waals surface area (Å²) in [5.74, 6) is 1.01. The van der Waals surface area contributed by atoms with Crippen LogP contribution in [0.1, 0.15) is 56.4 Å². The quantitative estimate of drug-likeness (QED) is 0.903. The monoisotopic (exact) mass is 341 g/mol. The standard InChI is InChI=1S/C19H23N3O3/c1-13(2)15-12-16(21-25-15)20-19(24)18(14-8-4-3-5-9-14)22-11-7-6-10-17(22)23/h3-5,8-9,12-13,18H,6-7,10-11H2,1-2H3,(H,20,21,24). The average molecular weight is 341 g/mol. The molecule has 1 aliphatic heterocycles. The summed E-state index contributed by atoms with van der Waals surface area (Å²) in [6.07, 6.45) is 2.27. The van der Waals surface area contributed by atoms with Gasteiger partial charge in [0.25, 0.3) is 5.91 Å². The first-order valence-electron chi connectivity index (χ1n) is 8.68. The number of anilines is 1. The zero-order valence-corrected chi connectivity index (χ0v) is 14.6. The van der Waals surface area contributed by atoms with Gasteiger partial charge in [0.1, 0.15) is 11.8 Å². The fourth-order valence-electron chi connectivity index (χ4n) is 3.02. The van der Waals surface area contributed by atoms with Gasteiger partial charge in [0.05, 0.1) is 0 Å². The first kappa shape index (κ1) is 17.2. The van der Waals surface area contributed by atoms with E-state index >= 15 is 0 Å². The minimum atomic E-state index is -0.659. The van der Waals surface area contributed by atoms with Gasteiger partial charge in [0.15, 0.2) is 5.82 Å². The van der Waals surface area contributed by atoms with Gasteiger partial charge in [-0.25, -0.2) is 0 Å². The van der Waals surface area contributed by atoms with Crippen molar-refractivity contribution in [2.45, 2.75) is 45.1 Å². The predicted molar refractivity (Wildman–Crippen MR) is 94.0 cm³/mol. The normalized spacial score (nSPS) is 16.1. The van der Waals surface area contributed by atoms with E-state index in [4.69, 9.17) is 4.52 Å². The largest absolute Gasteiger partial charge is 0.359 e. The Labute approximate surface area is 147 Å². The number of hydrogen-bond acceptors (Lipinski definition) is 4. The molecule has 25 heavy (non-hydrogen) atoms. The smallest absolute Gasteiger partial charge is 0.253 e. The number of piperidine rings is 1. The summed E-state index contributed by atoms with van der Waals surface area (Å²) in [5.41, 5.74) is 0.794. The van der Waals surface area contributed by atoms with Crippen LogP contribution in [0, 0.1) is 0 Å². The number of carbonyl (C=O) groups is 2. The van der Waals surface area contributed by atoms with Gasteiger partial charge >= 0.3 is 0 Å². The lowest BCUT2D eigenvalue weighted by atomic mass is 10.0. The van der Waals surface area contributed by atoms with Gasteiger partial charge in [-0.05, 0) is 18.4 Å². The molecule has 1 saturated heterocycles. The van der Waals surface area contributed by atoms with Crippen LogP contribution in [0.25, 0.3) is 0 Å². The third-order valence-corrected chi connectivity index (χ3v) is 4.38. The molecule has 1 aromatic carbocycles. The van der Waals surface area contributed by atoms with Crippen LogP contribution in [0.5, 0.6) is 0 Å². The molecule has 1 N–H and O–H groups in total. The molecule has 0 spiro atoms. The van der Waals surface area contributed by atoms with Crippen molar-refractivity contribution < 1.29 is 14.1 Å². The predicted octanol–water partition coefficient (Wildman–Crippen LogP) is 3.49. The molecule has 0 aliphatic carbocycles. The second-order valence-corrected chi connectivity index (χ2v) is 6.62. The Balaban J connectivity index is 1.85. The van der Waals surface area contributed by atoms with Crippen molar-refractivity contribution in [2.75, 3.05) is 11.9 Å². The maximum absolute atomic E-state index is 13.0.